The molecule has 0 spiro atoms. The highest BCUT2D eigenvalue weighted by Crippen LogP contribution is 2.15. The molecule has 1 atom stereocenters. The van der Waals surface area contributed by atoms with E-state index in [0.29, 0.717) is 10.4 Å². The van der Waals surface area contributed by atoms with E-state index < -0.39 is 0 Å². The lowest BCUT2D eigenvalue weighted by Gasteiger charge is -2.14. The van der Waals surface area contributed by atoms with Gasteiger partial charge < -0.3 is 4.57 Å². The first kappa shape index (κ1) is 13.5. The summed E-state index contributed by atoms with van der Waals surface area (Å²) in [5.41, 5.74) is 0.0256. The molecule has 0 amide bonds. The summed E-state index contributed by atoms with van der Waals surface area (Å²) < 4.78 is 3.25. The number of alkyl halides is 1. The summed E-state index contributed by atoms with van der Waals surface area (Å²) in [5.74, 6) is 0.490. The molecule has 0 aliphatic heterocycles. The van der Waals surface area contributed by atoms with Crippen molar-refractivity contribution in [3.05, 3.63) is 31.6 Å². The zero-order valence-electron chi connectivity index (χ0n) is 8.34. The van der Waals surface area contributed by atoms with Crippen LogP contribution in [0.2, 0.25) is 0 Å². The lowest BCUT2D eigenvalue weighted by Crippen LogP contribution is -2.24. The van der Waals surface area contributed by atoms with Crippen molar-refractivity contribution in [1.29, 1.82) is 0 Å². The first-order valence-electron chi connectivity index (χ1n) is 4.70. The first-order chi connectivity index (χ1) is 7.08. The van der Waals surface area contributed by atoms with Gasteiger partial charge in [0, 0.05) is 22.5 Å². The van der Waals surface area contributed by atoms with Crippen LogP contribution in [0.5, 0.6) is 0 Å². The van der Waals surface area contributed by atoms with E-state index in [4.69, 9.17) is 0 Å². The molecule has 84 valence electrons. The van der Waals surface area contributed by atoms with Crippen LogP contribution in [0.1, 0.15) is 13.3 Å². The maximum Gasteiger partial charge on any atom is 0.264 e. The molecule has 0 bridgehead atoms. The highest BCUT2D eigenvalue weighted by molar-refractivity contribution is 9.11. The Morgan fingerprint density at radius 3 is 2.67 bits per heavy atom. The number of nitrogens with zero attached hydrogens (tertiary/aromatic N) is 1. The van der Waals surface area contributed by atoms with E-state index in [0.717, 1.165) is 22.8 Å². The zero-order chi connectivity index (χ0) is 11.4. The van der Waals surface area contributed by atoms with Crippen molar-refractivity contribution in [1.82, 2.24) is 4.57 Å². The van der Waals surface area contributed by atoms with Crippen LogP contribution in [0, 0.1) is 5.92 Å². The number of aromatic nitrogens is 1. The van der Waals surface area contributed by atoms with E-state index in [1.165, 1.54) is 0 Å². The fraction of sp³-hybridized carbons (Fsp3) is 0.500. The Morgan fingerprint density at radius 1 is 1.47 bits per heavy atom. The van der Waals surface area contributed by atoms with E-state index in [-0.39, 0.29) is 5.56 Å². The average Bonchev–Trinajstić information content (AvgIpc) is 2.21. The molecule has 1 heterocycles. The largest absolute Gasteiger partial charge is 0.313 e. The molecule has 0 N–H and O–H groups in total. The van der Waals surface area contributed by atoms with Crippen LogP contribution in [-0.4, -0.2) is 9.90 Å². The molecule has 1 aromatic heterocycles. The van der Waals surface area contributed by atoms with Crippen molar-refractivity contribution in [3.8, 4) is 0 Å². The fourth-order valence-electron chi connectivity index (χ4n) is 1.27. The minimum atomic E-state index is 0.0256. The van der Waals surface area contributed by atoms with Gasteiger partial charge in [-0.1, -0.05) is 29.3 Å². The Labute approximate surface area is 114 Å². The Bertz CT molecular complexity index is 385. The van der Waals surface area contributed by atoms with Gasteiger partial charge in [-0.3, -0.25) is 4.79 Å². The van der Waals surface area contributed by atoms with Crippen LogP contribution in [0.4, 0.5) is 0 Å². The van der Waals surface area contributed by atoms with Crippen molar-refractivity contribution >= 4 is 47.8 Å². The quantitative estimate of drug-likeness (QED) is 0.703. The minimum absolute atomic E-state index is 0.0256. The van der Waals surface area contributed by atoms with Gasteiger partial charge in [-0.25, -0.2) is 0 Å². The summed E-state index contributed by atoms with van der Waals surface area (Å²) in [4.78, 5) is 11.8. The van der Waals surface area contributed by atoms with Gasteiger partial charge in [-0.15, -0.1) is 0 Å². The Hall–Kier alpha value is 0.390. The van der Waals surface area contributed by atoms with Crippen molar-refractivity contribution in [3.63, 3.8) is 0 Å². The second kappa shape index (κ2) is 6.21. The van der Waals surface area contributed by atoms with Gasteiger partial charge >= 0.3 is 0 Å². The molecule has 0 fully saturated rings. The molecule has 0 aromatic carbocycles. The summed E-state index contributed by atoms with van der Waals surface area (Å²) in [6, 6.07) is 1.77. The van der Waals surface area contributed by atoms with Crippen LogP contribution in [-0.2, 0) is 6.54 Å². The van der Waals surface area contributed by atoms with E-state index in [1.807, 2.05) is 6.20 Å². The highest BCUT2D eigenvalue weighted by Gasteiger charge is 2.09. The molecule has 1 aromatic rings. The Kier molecular flexibility index (Phi) is 5.57. The average molecular weight is 402 g/mol. The lowest BCUT2D eigenvalue weighted by molar-refractivity contribution is 0.468. The van der Waals surface area contributed by atoms with Gasteiger partial charge in [0.05, 0.1) is 4.47 Å². The molecular weight excluding hydrogens is 390 g/mol. The number of rotatable bonds is 4. The zero-order valence-corrected chi connectivity index (χ0v) is 13.1. The highest BCUT2D eigenvalue weighted by atomic mass is 79.9. The van der Waals surface area contributed by atoms with Gasteiger partial charge in [-0.05, 0) is 43.8 Å². The molecule has 1 rings (SSSR count). The molecule has 0 aliphatic carbocycles. The van der Waals surface area contributed by atoms with Crippen molar-refractivity contribution < 1.29 is 0 Å². The third-order valence-corrected chi connectivity index (χ3v) is 4.18. The molecule has 0 saturated heterocycles. The van der Waals surface area contributed by atoms with Gasteiger partial charge in [0.25, 0.3) is 5.56 Å². The van der Waals surface area contributed by atoms with Crippen LogP contribution in [0.15, 0.2) is 26.0 Å². The summed E-state index contributed by atoms with van der Waals surface area (Å²) in [5, 5.41) is 0.917. The standard InChI is InChI=1S/C10H12Br3NO/c1-2-7(4-11)5-14-6-8(12)3-9(13)10(14)15/h3,6-7H,2,4-5H2,1H3. The molecule has 0 aliphatic rings. The monoisotopic (exact) mass is 399 g/mol. The summed E-state index contributed by atoms with van der Waals surface area (Å²) in [7, 11) is 0. The molecule has 5 heteroatoms. The van der Waals surface area contributed by atoms with Gasteiger partial charge in [0.2, 0.25) is 0 Å². The van der Waals surface area contributed by atoms with Crippen molar-refractivity contribution in [2.75, 3.05) is 5.33 Å². The number of hydrogen-bond donors (Lipinski definition) is 0. The van der Waals surface area contributed by atoms with Gasteiger partial charge in [0.15, 0.2) is 0 Å². The van der Waals surface area contributed by atoms with Gasteiger partial charge in [-0.2, -0.15) is 0 Å². The SMILES string of the molecule is CCC(CBr)Cn1cc(Br)cc(Br)c1=O. The summed E-state index contributed by atoms with van der Waals surface area (Å²) in [6.07, 6.45) is 2.89. The molecule has 2 nitrogen and oxygen atoms in total. The lowest BCUT2D eigenvalue weighted by atomic mass is 10.1. The van der Waals surface area contributed by atoms with Crippen LogP contribution < -0.4 is 5.56 Å². The molecule has 1 unspecified atom stereocenters. The van der Waals surface area contributed by atoms with Crippen molar-refractivity contribution in [2.24, 2.45) is 5.92 Å². The number of pyridine rings is 1. The van der Waals surface area contributed by atoms with E-state index in [1.54, 1.807) is 10.6 Å². The number of hydrogen-bond acceptors (Lipinski definition) is 1. The Balaban J connectivity index is 2.99. The molecule has 15 heavy (non-hydrogen) atoms. The normalized spacial score (nSPS) is 12.8. The smallest absolute Gasteiger partial charge is 0.264 e. The molecular formula is C10H12Br3NO. The fourth-order valence-corrected chi connectivity index (χ4v) is 3.19. The van der Waals surface area contributed by atoms with Gasteiger partial charge in [0.1, 0.15) is 0 Å². The van der Waals surface area contributed by atoms with E-state index >= 15 is 0 Å². The summed E-state index contributed by atoms with van der Waals surface area (Å²) >= 11 is 10.1. The molecule has 0 radical (unpaired) electrons. The van der Waals surface area contributed by atoms with Crippen LogP contribution >= 0.6 is 47.8 Å². The van der Waals surface area contributed by atoms with Crippen LogP contribution in [0.3, 0.4) is 0 Å². The predicted octanol–water partition coefficient (Wildman–Crippen LogP) is 3.79. The second-order valence-electron chi connectivity index (χ2n) is 3.39. The second-order valence-corrected chi connectivity index (χ2v) is 5.81. The maximum absolute atomic E-state index is 11.8. The number of halogens is 3. The van der Waals surface area contributed by atoms with Crippen LogP contribution in [0.25, 0.3) is 0 Å². The van der Waals surface area contributed by atoms with E-state index in [2.05, 4.69) is 54.7 Å². The van der Waals surface area contributed by atoms with Crippen molar-refractivity contribution in [2.45, 2.75) is 19.9 Å². The Morgan fingerprint density at radius 2 is 2.13 bits per heavy atom. The molecule has 0 saturated carbocycles. The topological polar surface area (TPSA) is 22.0 Å². The minimum Gasteiger partial charge on any atom is -0.313 e. The third kappa shape index (κ3) is 3.71. The third-order valence-electron chi connectivity index (χ3n) is 2.26. The summed E-state index contributed by atoms with van der Waals surface area (Å²) in [6.45, 7) is 2.88. The van der Waals surface area contributed by atoms with E-state index in [9.17, 15) is 4.79 Å². The maximum atomic E-state index is 11.8. The first-order valence-corrected chi connectivity index (χ1v) is 7.40. The predicted molar refractivity (Wildman–Crippen MR) is 73.7 cm³/mol.